The van der Waals surface area contributed by atoms with Crippen LogP contribution in [0.1, 0.15) is 37.5 Å². The van der Waals surface area contributed by atoms with Crippen LogP contribution in [-0.4, -0.2) is 40.8 Å². The van der Waals surface area contributed by atoms with Gasteiger partial charge in [0.2, 0.25) is 11.8 Å². The van der Waals surface area contributed by atoms with Gasteiger partial charge in [-0.1, -0.05) is 38.5 Å². The molecule has 0 aliphatic heterocycles. The number of likely N-dealkylation sites (N-methyl/N-ethyl adjacent to an activating group) is 1. The average molecular weight is 337 g/mol. The highest BCUT2D eigenvalue weighted by Gasteiger charge is 2.18. The van der Waals surface area contributed by atoms with Crippen molar-refractivity contribution in [2.24, 2.45) is 0 Å². The number of rotatable bonds is 5. The van der Waals surface area contributed by atoms with Crippen LogP contribution in [0.25, 0.3) is 0 Å². The number of hydrogen-bond acceptors (Lipinski definition) is 3. The van der Waals surface area contributed by atoms with Gasteiger partial charge in [0.05, 0.1) is 12.3 Å². The van der Waals surface area contributed by atoms with Gasteiger partial charge in [-0.25, -0.2) is 0 Å². The lowest BCUT2D eigenvalue weighted by molar-refractivity contribution is -0.131. The maximum absolute atomic E-state index is 12.2. The fourth-order valence-corrected chi connectivity index (χ4v) is 3.03. The van der Waals surface area contributed by atoms with Crippen molar-refractivity contribution in [2.45, 2.75) is 46.3 Å². The van der Waals surface area contributed by atoms with Gasteiger partial charge in [-0.05, 0) is 31.9 Å². The number of benzene rings is 1. The fourth-order valence-electron chi connectivity index (χ4n) is 2.25. The Labute approximate surface area is 144 Å². The first-order valence-electron chi connectivity index (χ1n) is 7.75. The second-order valence-electron chi connectivity index (χ2n) is 6.97. The number of aryl methyl sites for hydroxylation is 3. The van der Waals surface area contributed by atoms with E-state index in [1.165, 1.54) is 10.5 Å². The summed E-state index contributed by atoms with van der Waals surface area (Å²) in [6.07, 6.45) is 0. The number of thioether (sulfide) groups is 1. The molecule has 0 aliphatic carbocycles. The van der Waals surface area contributed by atoms with E-state index in [0.29, 0.717) is 5.75 Å². The van der Waals surface area contributed by atoms with Gasteiger partial charge >= 0.3 is 0 Å². The summed E-state index contributed by atoms with van der Waals surface area (Å²) in [6, 6.07) is 4.08. The Balaban J connectivity index is 2.61. The van der Waals surface area contributed by atoms with E-state index in [1.807, 2.05) is 32.9 Å². The van der Waals surface area contributed by atoms with Crippen molar-refractivity contribution in [2.75, 3.05) is 24.7 Å². The number of carbonyl (C=O) groups excluding carboxylic acids is 2. The van der Waals surface area contributed by atoms with Crippen molar-refractivity contribution in [3.8, 4) is 0 Å². The lowest BCUT2D eigenvalue weighted by Gasteiger charge is -2.21. The largest absolute Gasteiger partial charge is 0.336 e. The molecule has 0 aromatic heterocycles. The molecule has 0 bridgehead atoms. The van der Waals surface area contributed by atoms with Gasteiger partial charge in [-0.15, -0.1) is 11.8 Å². The second-order valence-corrected chi connectivity index (χ2v) is 8.77. The Morgan fingerprint density at radius 2 is 1.65 bits per heavy atom. The van der Waals surface area contributed by atoms with Crippen molar-refractivity contribution in [3.63, 3.8) is 0 Å². The minimum absolute atomic E-state index is 0.0302. The number of nitrogens with one attached hydrogen (secondary N) is 1. The molecular weight excluding hydrogens is 308 g/mol. The van der Waals surface area contributed by atoms with E-state index in [1.54, 1.807) is 18.8 Å². The van der Waals surface area contributed by atoms with E-state index in [4.69, 9.17) is 0 Å². The van der Waals surface area contributed by atoms with Crippen LogP contribution in [0.5, 0.6) is 0 Å². The number of hydrogen-bond donors (Lipinski definition) is 1. The highest BCUT2D eigenvalue weighted by atomic mass is 32.2. The molecule has 0 atom stereocenters. The Morgan fingerprint density at radius 1 is 1.13 bits per heavy atom. The minimum atomic E-state index is -0.170. The van der Waals surface area contributed by atoms with Gasteiger partial charge in [-0.2, -0.15) is 0 Å². The zero-order valence-corrected chi connectivity index (χ0v) is 16.1. The Bertz CT molecular complexity index is 568. The van der Waals surface area contributed by atoms with Crippen molar-refractivity contribution in [3.05, 3.63) is 28.8 Å². The third-order valence-electron chi connectivity index (χ3n) is 3.38. The standard InChI is InChI=1S/C18H28N2O2S/c1-12-8-13(2)17(14(3)9-12)19-15(21)10-20(7)16(22)11-23-18(4,5)6/h8-9H,10-11H2,1-7H3,(H,19,21). The molecule has 2 amide bonds. The van der Waals surface area contributed by atoms with Gasteiger partial charge in [0.25, 0.3) is 0 Å². The van der Waals surface area contributed by atoms with E-state index in [2.05, 4.69) is 26.1 Å². The number of amides is 2. The molecule has 0 saturated heterocycles. The third kappa shape index (κ3) is 6.65. The molecule has 0 fully saturated rings. The van der Waals surface area contributed by atoms with Crippen molar-refractivity contribution < 1.29 is 9.59 Å². The van der Waals surface area contributed by atoms with Crippen LogP contribution in [0.2, 0.25) is 0 Å². The van der Waals surface area contributed by atoms with Crippen LogP contribution in [0.3, 0.4) is 0 Å². The summed E-state index contributed by atoms with van der Waals surface area (Å²) < 4.78 is 0.0366. The summed E-state index contributed by atoms with van der Waals surface area (Å²) in [7, 11) is 1.67. The smallest absolute Gasteiger partial charge is 0.243 e. The van der Waals surface area contributed by atoms with Crippen molar-refractivity contribution in [1.29, 1.82) is 0 Å². The molecule has 0 aliphatic rings. The van der Waals surface area contributed by atoms with Crippen LogP contribution in [0, 0.1) is 20.8 Å². The van der Waals surface area contributed by atoms with Crippen LogP contribution in [0.15, 0.2) is 12.1 Å². The monoisotopic (exact) mass is 336 g/mol. The summed E-state index contributed by atoms with van der Waals surface area (Å²) in [5.41, 5.74) is 4.08. The lowest BCUT2D eigenvalue weighted by atomic mass is 10.1. The topological polar surface area (TPSA) is 49.4 Å². The Kier molecular flexibility index (Phi) is 6.69. The van der Waals surface area contributed by atoms with E-state index < -0.39 is 0 Å². The van der Waals surface area contributed by atoms with Gasteiger partial charge in [0, 0.05) is 17.5 Å². The van der Waals surface area contributed by atoms with E-state index in [0.717, 1.165) is 16.8 Å². The minimum Gasteiger partial charge on any atom is -0.336 e. The molecule has 0 radical (unpaired) electrons. The van der Waals surface area contributed by atoms with E-state index in [-0.39, 0.29) is 23.1 Å². The number of carbonyl (C=O) groups is 2. The predicted octanol–water partition coefficient (Wildman–Crippen LogP) is 3.54. The first kappa shape index (κ1) is 19.6. The molecule has 4 nitrogen and oxygen atoms in total. The molecule has 0 spiro atoms. The first-order valence-corrected chi connectivity index (χ1v) is 8.74. The Morgan fingerprint density at radius 3 is 2.13 bits per heavy atom. The Hall–Kier alpha value is -1.49. The molecule has 0 heterocycles. The third-order valence-corrected chi connectivity index (χ3v) is 4.63. The van der Waals surface area contributed by atoms with E-state index >= 15 is 0 Å². The SMILES string of the molecule is Cc1cc(C)c(NC(=O)CN(C)C(=O)CSC(C)(C)C)c(C)c1. The predicted molar refractivity (Wildman–Crippen MR) is 99.1 cm³/mol. The van der Waals surface area contributed by atoms with Crippen LogP contribution in [-0.2, 0) is 9.59 Å². The maximum atomic E-state index is 12.2. The summed E-state index contributed by atoms with van der Waals surface area (Å²) in [6.45, 7) is 12.3. The van der Waals surface area contributed by atoms with Gasteiger partial charge < -0.3 is 10.2 Å². The molecule has 128 valence electrons. The number of nitrogens with zero attached hydrogens (tertiary/aromatic N) is 1. The zero-order valence-electron chi connectivity index (χ0n) is 15.2. The number of anilines is 1. The summed E-state index contributed by atoms with van der Waals surface area (Å²) in [4.78, 5) is 25.8. The molecule has 1 aromatic carbocycles. The van der Waals surface area contributed by atoms with Gasteiger partial charge in [-0.3, -0.25) is 9.59 Å². The highest BCUT2D eigenvalue weighted by molar-refractivity contribution is 8.01. The molecule has 23 heavy (non-hydrogen) atoms. The van der Waals surface area contributed by atoms with Crippen molar-refractivity contribution in [1.82, 2.24) is 4.90 Å². The molecular formula is C18H28N2O2S. The van der Waals surface area contributed by atoms with Crippen LogP contribution in [0.4, 0.5) is 5.69 Å². The van der Waals surface area contributed by atoms with Gasteiger partial charge in [0.1, 0.15) is 0 Å². The summed E-state index contributed by atoms with van der Waals surface area (Å²) in [5.74, 6) is 0.185. The lowest BCUT2D eigenvalue weighted by Crippen LogP contribution is -2.36. The average Bonchev–Trinajstić information content (AvgIpc) is 2.39. The zero-order chi connectivity index (χ0) is 17.8. The van der Waals surface area contributed by atoms with E-state index in [9.17, 15) is 9.59 Å². The maximum Gasteiger partial charge on any atom is 0.243 e. The summed E-state index contributed by atoms with van der Waals surface area (Å²) >= 11 is 1.58. The molecule has 1 rings (SSSR count). The fraction of sp³-hybridized carbons (Fsp3) is 0.556. The molecule has 0 saturated carbocycles. The van der Waals surface area contributed by atoms with Crippen LogP contribution < -0.4 is 5.32 Å². The summed E-state index contributed by atoms with van der Waals surface area (Å²) in [5, 5.41) is 2.92. The molecule has 1 aromatic rings. The normalized spacial score (nSPS) is 11.3. The second kappa shape index (κ2) is 7.86. The highest BCUT2D eigenvalue weighted by Crippen LogP contribution is 2.23. The molecule has 1 N–H and O–H groups in total. The first-order chi connectivity index (χ1) is 10.5. The van der Waals surface area contributed by atoms with Crippen molar-refractivity contribution >= 4 is 29.3 Å². The molecule has 5 heteroatoms. The molecule has 0 unspecified atom stereocenters. The van der Waals surface area contributed by atoms with Crippen LogP contribution >= 0.6 is 11.8 Å². The quantitative estimate of drug-likeness (QED) is 0.895. The van der Waals surface area contributed by atoms with Gasteiger partial charge in [0.15, 0.2) is 0 Å².